The highest BCUT2D eigenvalue weighted by Crippen LogP contribution is 2.05. The molecule has 17 heavy (non-hydrogen) atoms. The summed E-state index contributed by atoms with van der Waals surface area (Å²) in [7, 11) is -3.84. The van der Waals surface area contributed by atoms with Crippen molar-refractivity contribution in [2.45, 2.75) is 44.9 Å². The molecule has 0 rings (SSSR count). The van der Waals surface area contributed by atoms with E-state index in [9.17, 15) is 12.8 Å². The minimum Gasteiger partial charge on any atom is -0.381 e. The summed E-state index contributed by atoms with van der Waals surface area (Å²) < 4.78 is 46.1. The molecule has 0 aliphatic carbocycles. The largest absolute Gasteiger partial charge is 0.381 e. The zero-order valence-electron chi connectivity index (χ0n) is 10.2. The number of hydrogen-bond donors (Lipinski definition) is 1. The first kappa shape index (κ1) is 16.8. The molecule has 1 N–H and O–H groups in total. The van der Waals surface area contributed by atoms with E-state index in [1.54, 1.807) is 0 Å². The van der Waals surface area contributed by atoms with Crippen molar-refractivity contribution in [1.82, 2.24) is 0 Å². The van der Waals surface area contributed by atoms with Gasteiger partial charge in [0.2, 0.25) is 0 Å². The summed E-state index contributed by atoms with van der Waals surface area (Å²) in [4.78, 5) is 0. The number of halogens is 1. The fourth-order valence-electron chi connectivity index (χ4n) is 1.45. The lowest BCUT2D eigenvalue weighted by atomic mass is 10.1. The smallest absolute Gasteiger partial charge is 0.264 e. The van der Waals surface area contributed by atoms with Gasteiger partial charge >= 0.3 is 0 Å². The summed E-state index contributed by atoms with van der Waals surface area (Å²) >= 11 is 0. The molecule has 4 nitrogen and oxygen atoms in total. The summed E-state index contributed by atoms with van der Waals surface area (Å²) in [5.41, 5.74) is 0. The molecule has 0 saturated heterocycles. The Morgan fingerprint density at radius 3 is 2.00 bits per heavy atom. The van der Waals surface area contributed by atoms with E-state index in [0.29, 0.717) is 26.1 Å². The molecular weight excluding hydrogens is 247 g/mol. The van der Waals surface area contributed by atoms with Crippen LogP contribution in [0.25, 0.3) is 0 Å². The third kappa shape index (κ3) is 15.8. The second-order valence-corrected chi connectivity index (χ2v) is 5.63. The maximum Gasteiger partial charge on any atom is 0.264 e. The fourth-order valence-corrected chi connectivity index (χ4v) is 1.93. The molecule has 0 aromatic heterocycles. The van der Waals surface area contributed by atoms with Gasteiger partial charge in [0.05, 0.1) is 12.4 Å². The average Bonchev–Trinajstić information content (AvgIpc) is 2.24. The number of alkyl halides is 1. The molecule has 0 atom stereocenters. The second kappa shape index (κ2) is 10.9. The van der Waals surface area contributed by atoms with Gasteiger partial charge in [-0.15, -0.1) is 0 Å². The lowest BCUT2D eigenvalue weighted by molar-refractivity contribution is 0.130. The molecule has 0 saturated carbocycles. The molecule has 0 aliphatic rings. The van der Waals surface area contributed by atoms with Crippen LogP contribution in [0.4, 0.5) is 4.39 Å². The van der Waals surface area contributed by atoms with Gasteiger partial charge in [0.1, 0.15) is 0 Å². The van der Waals surface area contributed by atoms with Crippen LogP contribution in [0.5, 0.6) is 0 Å². The molecule has 0 fully saturated rings. The zero-order valence-corrected chi connectivity index (χ0v) is 11.1. The SMILES string of the molecule is O=S(=O)(O)CCCOCCCCCCCCF. The summed E-state index contributed by atoms with van der Waals surface area (Å²) in [5, 5.41) is 0. The lowest BCUT2D eigenvalue weighted by Crippen LogP contribution is -2.07. The number of hydrogen-bond acceptors (Lipinski definition) is 3. The van der Waals surface area contributed by atoms with Gasteiger partial charge in [0, 0.05) is 13.2 Å². The maximum atomic E-state index is 11.7. The van der Waals surface area contributed by atoms with E-state index in [1.807, 2.05) is 0 Å². The molecule has 6 heteroatoms. The van der Waals surface area contributed by atoms with E-state index in [4.69, 9.17) is 9.29 Å². The topological polar surface area (TPSA) is 63.6 Å². The Morgan fingerprint density at radius 2 is 1.41 bits per heavy atom. The van der Waals surface area contributed by atoms with Crippen LogP contribution in [0.1, 0.15) is 44.9 Å². The van der Waals surface area contributed by atoms with Gasteiger partial charge in [-0.2, -0.15) is 8.42 Å². The summed E-state index contributed by atoms with van der Waals surface area (Å²) in [6.45, 7) is 0.757. The van der Waals surface area contributed by atoms with Crippen LogP contribution in [0.3, 0.4) is 0 Å². The first-order valence-corrected chi connectivity index (χ1v) is 7.76. The minimum absolute atomic E-state index is 0.225. The molecule has 0 spiro atoms. The summed E-state index contributed by atoms with van der Waals surface area (Å²) in [6.07, 6.45) is 6.10. The maximum absolute atomic E-state index is 11.7. The molecule has 104 valence electrons. The van der Waals surface area contributed by atoms with Gasteiger partial charge in [-0.3, -0.25) is 8.94 Å². The zero-order chi connectivity index (χ0) is 13.0. The third-order valence-corrected chi connectivity index (χ3v) is 3.17. The Morgan fingerprint density at radius 1 is 0.882 bits per heavy atom. The van der Waals surface area contributed by atoms with Crippen molar-refractivity contribution in [3.05, 3.63) is 0 Å². The van der Waals surface area contributed by atoms with E-state index in [0.717, 1.165) is 32.1 Å². The van der Waals surface area contributed by atoms with Crippen molar-refractivity contribution in [1.29, 1.82) is 0 Å². The molecular formula is C11H23FO4S. The summed E-state index contributed by atoms with van der Waals surface area (Å²) in [5.74, 6) is -0.240. The van der Waals surface area contributed by atoms with Crippen LogP contribution in [0.2, 0.25) is 0 Å². The molecule has 0 amide bonds. The highest BCUT2D eigenvalue weighted by atomic mass is 32.2. The van der Waals surface area contributed by atoms with Gasteiger partial charge in [0.15, 0.2) is 0 Å². The van der Waals surface area contributed by atoms with Crippen molar-refractivity contribution < 1.29 is 22.1 Å². The Balaban J connectivity index is 3.04. The van der Waals surface area contributed by atoms with Crippen molar-refractivity contribution in [2.75, 3.05) is 25.6 Å². The van der Waals surface area contributed by atoms with E-state index in [-0.39, 0.29) is 12.4 Å². The van der Waals surface area contributed by atoms with Crippen LogP contribution < -0.4 is 0 Å². The quantitative estimate of drug-likeness (QED) is 0.437. The number of rotatable bonds is 12. The predicted molar refractivity (Wildman–Crippen MR) is 65.5 cm³/mol. The van der Waals surface area contributed by atoms with Crippen molar-refractivity contribution in [3.63, 3.8) is 0 Å². The molecule has 0 aliphatic heterocycles. The lowest BCUT2D eigenvalue weighted by Gasteiger charge is -2.03. The van der Waals surface area contributed by atoms with Crippen molar-refractivity contribution >= 4 is 10.1 Å². The van der Waals surface area contributed by atoms with Crippen LogP contribution >= 0.6 is 0 Å². The Hall–Kier alpha value is -0.200. The van der Waals surface area contributed by atoms with E-state index >= 15 is 0 Å². The van der Waals surface area contributed by atoms with Gasteiger partial charge < -0.3 is 4.74 Å². The van der Waals surface area contributed by atoms with E-state index in [2.05, 4.69) is 0 Å². The summed E-state index contributed by atoms with van der Waals surface area (Å²) in [6, 6.07) is 0. The second-order valence-electron chi connectivity index (χ2n) is 4.06. The first-order chi connectivity index (χ1) is 8.06. The fraction of sp³-hybridized carbons (Fsp3) is 1.00. The third-order valence-electron chi connectivity index (χ3n) is 2.36. The Labute approximate surface area is 103 Å². The Bertz CT molecular complexity index is 254. The molecule has 0 unspecified atom stereocenters. The van der Waals surface area contributed by atoms with Crippen LogP contribution in [0, 0.1) is 0 Å². The van der Waals surface area contributed by atoms with Crippen molar-refractivity contribution in [3.8, 4) is 0 Å². The van der Waals surface area contributed by atoms with Crippen molar-refractivity contribution in [2.24, 2.45) is 0 Å². The Kier molecular flexibility index (Phi) is 10.8. The average molecular weight is 270 g/mol. The highest BCUT2D eigenvalue weighted by molar-refractivity contribution is 7.85. The van der Waals surface area contributed by atoms with E-state index in [1.165, 1.54) is 0 Å². The monoisotopic (exact) mass is 270 g/mol. The van der Waals surface area contributed by atoms with Gasteiger partial charge in [-0.05, 0) is 19.3 Å². The standard InChI is InChI=1S/C11H23FO4S/c12-8-5-3-1-2-4-6-9-16-10-7-11-17(13,14)15/h1-11H2,(H,13,14,15). The highest BCUT2D eigenvalue weighted by Gasteiger charge is 2.02. The minimum atomic E-state index is -3.84. The molecule has 0 aromatic carbocycles. The number of unbranched alkanes of at least 4 members (excludes halogenated alkanes) is 5. The normalized spacial score (nSPS) is 11.9. The molecule has 0 heterocycles. The van der Waals surface area contributed by atoms with Crippen LogP contribution in [-0.4, -0.2) is 38.6 Å². The number of ether oxygens (including phenoxy) is 1. The first-order valence-electron chi connectivity index (χ1n) is 6.15. The van der Waals surface area contributed by atoms with Crippen LogP contribution in [0.15, 0.2) is 0 Å². The molecule has 0 bridgehead atoms. The predicted octanol–water partition coefficient (Wildman–Crippen LogP) is 2.59. The van der Waals surface area contributed by atoms with Crippen LogP contribution in [-0.2, 0) is 14.9 Å². The van der Waals surface area contributed by atoms with Gasteiger partial charge in [-0.25, -0.2) is 0 Å². The molecule has 0 aromatic rings. The van der Waals surface area contributed by atoms with Gasteiger partial charge in [-0.1, -0.05) is 25.7 Å². The van der Waals surface area contributed by atoms with E-state index < -0.39 is 10.1 Å². The molecule has 0 radical (unpaired) electrons. The van der Waals surface area contributed by atoms with Gasteiger partial charge in [0.25, 0.3) is 10.1 Å².